The number of nitro benzene ring substituents is 2. The Kier molecular flexibility index (Phi) is 7.71. The van der Waals surface area contributed by atoms with Gasteiger partial charge >= 0.3 is 0 Å². The van der Waals surface area contributed by atoms with Gasteiger partial charge in [-0.3, -0.25) is 29.8 Å². The van der Waals surface area contributed by atoms with Crippen molar-refractivity contribution >= 4 is 34.6 Å². The minimum Gasteiger partial charge on any atom is -0.322 e. The van der Waals surface area contributed by atoms with E-state index in [2.05, 4.69) is 10.6 Å². The molecular formula is C30H26N4O6. The molecule has 4 aromatic rings. The normalized spacial score (nSPS) is 10.6. The highest BCUT2D eigenvalue weighted by atomic mass is 16.6. The lowest BCUT2D eigenvalue weighted by Gasteiger charge is -2.13. The number of carbonyl (C=O) groups is 2. The smallest absolute Gasteiger partial charge is 0.272 e. The molecule has 0 aliphatic rings. The Labute approximate surface area is 230 Å². The molecular weight excluding hydrogens is 512 g/mol. The van der Waals surface area contributed by atoms with Crippen molar-refractivity contribution in [1.82, 2.24) is 0 Å². The first kappa shape index (κ1) is 27.6. The van der Waals surface area contributed by atoms with E-state index >= 15 is 0 Å². The van der Waals surface area contributed by atoms with Crippen molar-refractivity contribution in [3.8, 4) is 11.1 Å². The van der Waals surface area contributed by atoms with Gasteiger partial charge in [0.15, 0.2) is 0 Å². The van der Waals surface area contributed by atoms with E-state index in [1.165, 1.54) is 36.4 Å². The molecule has 0 fully saturated rings. The van der Waals surface area contributed by atoms with Crippen LogP contribution >= 0.6 is 0 Å². The molecule has 202 valence electrons. The zero-order valence-corrected chi connectivity index (χ0v) is 22.3. The lowest BCUT2D eigenvalue weighted by Crippen LogP contribution is -2.13. The third kappa shape index (κ3) is 5.86. The standard InChI is InChI=1S/C30H26N4O6/c1-17-13-21(5-9-25(17)31-29(35)23-7-11-27(33(37)38)19(3)15-23)22-6-10-26(18(2)14-22)32-30(36)24-8-12-28(34(39)40)20(4)16-24/h5-16H,1-4H3,(H,31,35)(H,32,36). The predicted octanol–water partition coefficient (Wildman–Crippen LogP) is 6.91. The number of nitrogens with zero attached hydrogens (tertiary/aromatic N) is 2. The predicted molar refractivity (Wildman–Crippen MR) is 153 cm³/mol. The quantitative estimate of drug-likeness (QED) is 0.193. The second-order valence-corrected chi connectivity index (χ2v) is 9.48. The highest BCUT2D eigenvalue weighted by molar-refractivity contribution is 6.06. The van der Waals surface area contributed by atoms with Crippen molar-refractivity contribution in [3.05, 3.63) is 126 Å². The number of nitro groups is 2. The van der Waals surface area contributed by atoms with Gasteiger partial charge in [-0.1, -0.05) is 12.1 Å². The summed E-state index contributed by atoms with van der Waals surface area (Å²) >= 11 is 0. The van der Waals surface area contributed by atoms with Crippen molar-refractivity contribution in [2.75, 3.05) is 10.6 Å². The van der Waals surface area contributed by atoms with Gasteiger partial charge in [0.2, 0.25) is 0 Å². The lowest BCUT2D eigenvalue weighted by molar-refractivity contribution is -0.385. The molecule has 0 spiro atoms. The van der Waals surface area contributed by atoms with E-state index in [1.54, 1.807) is 26.0 Å². The largest absolute Gasteiger partial charge is 0.322 e. The lowest BCUT2D eigenvalue weighted by atomic mass is 9.99. The van der Waals surface area contributed by atoms with Gasteiger partial charge in [0, 0.05) is 45.8 Å². The van der Waals surface area contributed by atoms with Gasteiger partial charge in [-0.25, -0.2) is 0 Å². The number of benzene rings is 4. The Morgan fingerprint density at radius 3 is 1.23 bits per heavy atom. The van der Waals surface area contributed by atoms with Crippen LogP contribution in [0, 0.1) is 47.9 Å². The Morgan fingerprint density at radius 2 is 0.925 bits per heavy atom. The molecule has 0 atom stereocenters. The molecule has 0 aliphatic heterocycles. The van der Waals surface area contributed by atoms with E-state index in [0.717, 1.165) is 22.3 Å². The summed E-state index contributed by atoms with van der Waals surface area (Å²) in [5.74, 6) is -0.735. The van der Waals surface area contributed by atoms with E-state index in [-0.39, 0.29) is 23.2 Å². The minimum absolute atomic E-state index is 0.0422. The van der Waals surface area contributed by atoms with Crippen molar-refractivity contribution in [2.24, 2.45) is 0 Å². The zero-order valence-electron chi connectivity index (χ0n) is 22.3. The number of hydrogen-bond acceptors (Lipinski definition) is 6. The maximum Gasteiger partial charge on any atom is 0.272 e. The van der Waals surface area contributed by atoms with Gasteiger partial charge in [-0.2, -0.15) is 0 Å². The monoisotopic (exact) mass is 538 g/mol. The summed E-state index contributed by atoms with van der Waals surface area (Å²) in [6, 6.07) is 19.7. The Morgan fingerprint density at radius 1 is 0.550 bits per heavy atom. The molecule has 4 aromatic carbocycles. The van der Waals surface area contributed by atoms with Crippen LogP contribution in [0.5, 0.6) is 0 Å². The number of anilines is 2. The first-order chi connectivity index (χ1) is 18.9. The van der Waals surface area contributed by atoms with Crippen LogP contribution in [0.1, 0.15) is 43.0 Å². The van der Waals surface area contributed by atoms with E-state index in [4.69, 9.17) is 0 Å². The SMILES string of the molecule is Cc1cc(-c2ccc(NC(=O)c3ccc([N+](=O)[O-])c(C)c3)c(C)c2)ccc1NC(=O)c1ccc([N+](=O)[O-])c(C)c1. The molecule has 0 aliphatic carbocycles. The topological polar surface area (TPSA) is 144 Å². The summed E-state index contributed by atoms with van der Waals surface area (Å²) in [5.41, 5.74) is 6.08. The Bertz CT molecular complexity index is 1570. The van der Waals surface area contributed by atoms with Gasteiger partial charge in [0.25, 0.3) is 23.2 Å². The van der Waals surface area contributed by atoms with Crippen LogP contribution in [-0.2, 0) is 0 Å². The molecule has 40 heavy (non-hydrogen) atoms. The zero-order chi connectivity index (χ0) is 29.1. The molecule has 0 bridgehead atoms. The highest BCUT2D eigenvalue weighted by Crippen LogP contribution is 2.29. The molecule has 0 radical (unpaired) electrons. The van der Waals surface area contributed by atoms with Crippen LogP contribution in [-0.4, -0.2) is 21.7 Å². The fourth-order valence-corrected chi connectivity index (χ4v) is 4.36. The number of aryl methyl sites for hydroxylation is 4. The molecule has 0 aromatic heterocycles. The van der Waals surface area contributed by atoms with Crippen molar-refractivity contribution in [3.63, 3.8) is 0 Å². The number of nitrogens with one attached hydrogen (secondary N) is 2. The summed E-state index contributed by atoms with van der Waals surface area (Å²) in [4.78, 5) is 46.6. The van der Waals surface area contributed by atoms with Gasteiger partial charge in [0.05, 0.1) is 9.85 Å². The van der Waals surface area contributed by atoms with E-state index in [1.807, 2.05) is 38.1 Å². The fourth-order valence-electron chi connectivity index (χ4n) is 4.36. The van der Waals surface area contributed by atoms with Gasteiger partial charge in [-0.15, -0.1) is 0 Å². The molecule has 0 unspecified atom stereocenters. The van der Waals surface area contributed by atoms with Gasteiger partial charge in [0.1, 0.15) is 0 Å². The second kappa shape index (κ2) is 11.2. The second-order valence-electron chi connectivity index (χ2n) is 9.48. The highest BCUT2D eigenvalue weighted by Gasteiger charge is 2.16. The third-order valence-corrected chi connectivity index (χ3v) is 6.59. The number of carbonyl (C=O) groups excluding carboxylic acids is 2. The van der Waals surface area contributed by atoms with Crippen LogP contribution in [0.4, 0.5) is 22.7 Å². The fraction of sp³-hybridized carbons (Fsp3) is 0.133. The van der Waals surface area contributed by atoms with Crippen LogP contribution in [0.2, 0.25) is 0 Å². The number of rotatable bonds is 7. The first-order valence-corrected chi connectivity index (χ1v) is 12.3. The summed E-state index contributed by atoms with van der Waals surface area (Å²) in [5, 5.41) is 27.8. The van der Waals surface area contributed by atoms with Crippen molar-refractivity contribution < 1.29 is 19.4 Å². The summed E-state index contributed by atoms with van der Waals surface area (Å²) < 4.78 is 0. The van der Waals surface area contributed by atoms with Gasteiger partial charge in [-0.05, 0) is 98.5 Å². The molecule has 0 heterocycles. The molecule has 0 saturated heterocycles. The number of hydrogen-bond donors (Lipinski definition) is 2. The molecule has 2 amide bonds. The first-order valence-electron chi connectivity index (χ1n) is 12.3. The van der Waals surface area contributed by atoms with Crippen LogP contribution < -0.4 is 10.6 Å². The third-order valence-electron chi connectivity index (χ3n) is 6.59. The summed E-state index contributed by atoms with van der Waals surface area (Å²) in [6.45, 7) is 6.91. The van der Waals surface area contributed by atoms with Crippen LogP contribution in [0.3, 0.4) is 0 Å². The average molecular weight is 539 g/mol. The molecule has 4 rings (SSSR count). The van der Waals surface area contributed by atoms with Crippen LogP contribution in [0.25, 0.3) is 11.1 Å². The summed E-state index contributed by atoms with van der Waals surface area (Å²) in [7, 11) is 0. The maximum absolute atomic E-state index is 12.7. The van der Waals surface area contributed by atoms with Crippen LogP contribution in [0.15, 0.2) is 72.8 Å². The van der Waals surface area contributed by atoms with E-state index in [9.17, 15) is 29.8 Å². The molecule has 2 N–H and O–H groups in total. The average Bonchev–Trinajstić information content (AvgIpc) is 2.90. The van der Waals surface area contributed by atoms with E-state index < -0.39 is 9.85 Å². The minimum atomic E-state index is -0.484. The number of amides is 2. The molecule has 0 saturated carbocycles. The van der Waals surface area contributed by atoms with Crippen molar-refractivity contribution in [2.45, 2.75) is 27.7 Å². The van der Waals surface area contributed by atoms with Crippen molar-refractivity contribution in [1.29, 1.82) is 0 Å². The Hall–Kier alpha value is -5.38. The van der Waals surface area contributed by atoms with E-state index in [0.29, 0.717) is 33.6 Å². The summed E-state index contributed by atoms with van der Waals surface area (Å²) in [6.07, 6.45) is 0. The Balaban J connectivity index is 1.48. The van der Waals surface area contributed by atoms with Gasteiger partial charge < -0.3 is 10.6 Å². The maximum atomic E-state index is 12.7. The molecule has 10 heteroatoms. The molecule has 10 nitrogen and oxygen atoms in total.